The Labute approximate surface area is 288 Å². The molecule has 0 bridgehead atoms. The van der Waals surface area contributed by atoms with E-state index in [1.807, 2.05) is 12.1 Å². The maximum atomic E-state index is 13.5. The Morgan fingerprint density at radius 2 is 1.94 bits per heavy atom. The normalized spacial score (nSPS) is 20.8. The van der Waals surface area contributed by atoms with Crippen molar-refractivity contribution in [2.75, 3.05) is 25.0 Å². The van der Waals surface area contributed by atoms with Crippen LogP contribution in [0.2, 0.25) is 5.15 Å². The summed E-state index contributed by atoms with van der Waals surface area (Å²) in [6.07, 6.45) is -1.15. The summed E-state index contributed by atoms with van der Waals surface area (Å²) in [4.78, 5) is 21.6. The number of hydrogen-bond acceptors (Lipinski definition) is 10. The van der Waals surface area contributed by atoms with Gasteiger partial charge in [0.05, 0.1) is 22.0 Å². The molecule has 0 spiro atoms. The van der Waals surface area contributed by atoms with Gasteiger partial charge < -0.3 is 25.6 Å². The molecular formula is C30H35B2ClF3N7O4S. The molecule has 1 aliphatic heterocycles. The summed E-state index contributed by atoms with van der Waals surface area (Å²) in [5, 5.41) is 32.3. The standard InChI is InChI=1S/C30H35B2ClF3N7O4S/c1-26(2)15-18(16-38-26)5-4-13-37-20-6-3-7-23(39-20)48-42-25(44)19-8-9-21(40-24(19)33)43-14-10-22(41-43)47-17-28(31,45)29(32,46)27(11-12-27)30(34,35)36/h3,6-10,14,18,38,45-46H,4-5,11-13,15-17H2,1-2H3,(H,37,39)(H,42,44). The van der Waals surface area contributed by atoms with E-state index >= 15 is 0 Å². The van der Waals surface area contributed by atoms with E-state index in [1.165, 1.54) is 35.5 Å². The predicted octanol–water partition coefficient (Wildman–Crippen LogP) is 3.77. The lowest BCUT2D eigenvalue weighted by Crippen LogP contribution is -2.66. The Kier molecular flexibility index (Phi) is 10.4. The van der Waals surface area contributed by atoms with E-state index in [0.29, 0.717) is 16.8 Å². The number of aromatic nitrogens is 4. The quantitative estimate of drug-likeness (QED) is 0.0728. The number of halogens is 4. The van der Waals surface area contributed by atoms with Crippen LogP contribution < -0.4 is 20.1 Å². The van der Waals surface area contributed by atoms with Gasteiger partial charge in [0, 0.05) is 36.3 Å². The number of alkyl halides is 3. The number of amides is 1. The molecule has 3 aromatic heterocycles. The lowest BCUT2D eigenvalue weighted by molar-refractivity contribution is -0.248. The van der Waals surface area contributed by atoms with Gasteiger partial charge in [-0.3, -0.25) is 9.52 Å². The first-order valence-corrected chi connectivity index (χ1v) is 16.5. The van der Waals surface area contributed by atoms with Crippen LogP contribution >= 0.6 is 23.5 Å². The smallest absolute Gasteiger partial charge is 0.396 e. The molecule has 4 radical (unpaired) electrons. The largest absolute Gasteiger partial charge is 0.474 e. The Bertz CT molecular complexity index is 1630. The van der Waals surface area contributed by atoms with Gasteiger partial charge in [0.15, 0.2) is 5.82 Å². The Morgan fingerprint density at radius 1 is 1.19 bits per heavy atom. The molecule has 1 saturated carbocycles. The van der Waals surface area contributed by atoms with E-state index in [0.717, 1.165) is 37.9 Å². The van der Waals surface area contributed by atoms with Crippen molar-refractivity contribution in [3.63, 3.8) is 0 Å². The number of anilines is 1. The van der Waals surface area contributed by atoms with Gasteiger partial charge in [0.25, 0.3) is 5.91 Å². The summed E-state index contributed by atoms with van der Waals surface area (Å²) in [5.41, 5.74) is -8.64. The maximum absolute atomic E-state index is 13.5. The van der Waals surface area contributed by atoms with E-state index in [4.69, 9.17) is 32.0 Å². The molecule has 1 amide bonds. The molecule has 3 atom stereocenters. The predicted molar refractivity (Wildman–Crippen MR) is 176 cm³/mol. The number of nitrogens with zero attached hydrogens (tertiary/aromatic N) is 4. The number of rotatable bonds is 14. The number of ether oxygens (including phenoxy) is 1. The average molecular weight is 704 g/mol. The van der Waals surface area contributed by atoms with Crippen molar-refractivity contribution < 1.29 is 32.9 Å². The summed E-state index contributed by atoms with van der Waals surface area (Å²) >= 11 is 7.34. The van der Waals surface area contributed by atoms with Crippen molar-refractivity contribution in [3.05, 3.63) is 53.3 Å². The molecule has 1 aliphatic carbocycles. The van der Waals surface area contributed by atoms with Crippen molar-refractivity contribution in [2.45, 2.75) is 73.7 Å². The highest BCUT2D eigenvalue weighted by molar-refractivity contribution is 7.97. The molecule has 11 nitrogen and oxygen atoms in total. The summed E-state index contributed by atoms with van der Waals surface area (Å²) in [6, 6.07) is 9.69. The fourth-order valence-electron chi connectivity index (χ4n) is 5.77. The lowest BCUT2D eigenvalue weighted by Gasteiger charge is -2.46. The molecule has 4 heterocycles. The van der Waals surface area contributed by atoms with Crippen LogP contribution in [-0.2, 0) is 0 Å². The first-order chi connectivity index (χ1) is 22.4. The molecular weight excluding hydrogens is 669 g/mol. The zero-order chi connectivity index (χ0) is 35.0. The SMILES string of the molecule is [B]C(O)(COc1ccn(-c2ccc(C(=O)NSc3cccc(NCCCC4CNC(C)(C)C4)n3)c(Cl)n2)n1)C([B])(O)C1(C(F)(F)F)CC1. The van der Waals surface area contributed by atoms with Crippen molar-refractivity contribution in [1.82, 2.24) is 29.8 Å². The van der Waals surface area contributed by atoms with Gasteiger partial charge in [0.2, 0.25) is 5.88 Å². The minimum atomic E-state index is -4.89. The molecule has 2 fully saturated rings. The fraction of sp³-hybridized carbons (Fsp3) is 0.533. The minimum absolute atomic E-state index is 0.0875. The number of nitrogens with one attached hydrogen (secondary N) is 3. The number of carbonyl (C=O) groups is 1. The first kappa shape index (κ1) is 36.3. The van der Waals surface area contributed by atoms with Gasteiger partial charge in [-0.15, -0.1) is 5.10 Å². The molecule has 2 aliphatic rings. The van der Waals surface area contributed by atoms with Crippen LogP contribution in [0.3, 0.4) is 0 Å². The van der Waals surface area contributed by atoms with Crippen LogP contribution in [-0.4, -0.2) is 94.0 Å². The van der Waals surface area contributed by atoms with E-state index in [1.54, 1.807) is 6.07 Å². The van der Waals surface area contributed by atoms with Gasteiger partial charge >= 0.3 is 6.18 Å². The first-order valence-electron chi connectivity index (χ1n) is 15.3. The fourth-order valence-corrected chi connectivity index (χ4v) is 6.60. The van der Waals surface area contributed by atoms with Crippen LogP contribution in [0.25, 0.3) is 5.82 Å². The Balaban J connectivity index is 1.11. The molecule has 3 aromatic rings. The van der Waals surface area contributed by atoms with Crippen molar-refractivity contribution >= 4 is 51.0 Å². The van der Waals surface area contributed by atoms with Crippen molar-refractivity contribution in [1.29, 1.82) is 0 Å². The highest BCUT2D eigenvalue weighted by Crippen LogP contribution is 2.64. The molecule has 18 heteroatoms. The summed E-state index contributed by atoms with van der Waals surface area (Å²) in [6.45, 7) is 5.29. The van der Waals surface area contributed by atoms with Gasteiger partial charge in [-0.05, 0) is 82.7 Å². The van der Waals surface area contributed by atoms with Crippen LogP contribution in [0.15, 0.2) is 47.6 Å². The van der Waals surface area contributed by atoms with Gasteiger partial charge in [-0.1, -0.05) is 17.7 Å². The third-order valence-corrected chi connectivity index (χ3v) is 9.75. The number of pyridine rings is 2. The monoisotopic (exact) mass is 703 g/mol. The maximum Gasteiger partial charge on any atom is 0.396 e. The number of hydrogen-bond donors (Lipinski definition) is 5. The molecule has 5 N–H and O–H groups in total. The Hall–Kier alpha value is -2.98. The van der Waals surface area contributed by atoms with Crippen molar-refractivity contribution in [2.24, 2.45) is 11.3 Å². The van der Waals surface area contributed by atoms with E-state index in [2.05, 4.69) is 44.3 Å². The lowest BCUT2D eigenvalue weighted by atomic mass is 9.52. The van der Waals surface area contributed by atoms with E-state index in [9.17, 15) is 28.2 Å². The van der Waals surface area contributed by atoms with E-state index < -0.39 is 47.9 Å². The topological polar surface area (TPSA) is 146 Å². The molecule has 254 valence electrons. The second kappa shape index (κ2) is 13.7. The highest BCUT2D eigenvalue weighted by atomic mass is 35.5. The number of carbonyl (C=O) groups excluding carboxylic acids is 1. The third kappa shape index (κ3) is 7.91. The second-order valence-corrected chi connectivity index (χ2v) is 14.1. The van der Waals surface area contributed by atoms with Crippen LogP contribution in [0.5, 0.6) is 5.88 Å². The van der Waals surface area contributed by atoms with E-state index in [-0.39, 0.29) is 28.0 Å². The third-order valence-electron chi connectivity index (χ3n) is 8.74. The number of aliphatic hydroxyl groups is 2. The molecule has 0 aromatic carbocycles. The summed E-state index contributed by atoms with van der Waals surface area (Å²) < 4.78 is 49.7. The van der Waals surface area contributed by atoms with Gasteiger partial charge in [-0.2, -0.15) is 13.2 Å². The molecule has 48 heavy (non-hydrogen) atoms. The molecule has 5 rings (SSSR count). The highest BCUT2D eigenvalue weighted by Gasteiger charge is 2.75. The van der Waals surface area contributed by atoms with Crippen LogP contribution in [0.1, 0.15) is 56.3 Å². The van der Waals surface area contributed by atoms with Crippen LogP contribution in [0, 0.1) is 11.3 Å². The molecule has 1 saturated heterocycles. The summed E-state index contributed by atoms with van der Waals surface area (Å²) in [7, 11) is 11.1. The van der Waals surface area contributed by atoms with Crippen molar-refractivity contribution in [3.8, 4) is 11.7 Å². The zero-order valence-electron chi connectivity index (χ0n) is 26.4. The Morgan fingerprint density at radius 3 is 2.58 bits per heavy atom. The zero-order valence-corrected chi connectivity index (χ0v) is 27.9. The summed E-state index contributed by atoms with van der Waals surface area (Å²) in [5.74, 6) is 0.881. The van der Waals surface area contributed by atoms with Crippen LogP contribution in [0.4, 0.5) is 19.0 Å². The minimum Gasteiger partial charge on any atom is -0.474 e. The average Bonchev–Trinajstić information content (AvgIpc) is 3.62. The van der Waals surface area contributed by atoms with Gasteiger partial charge in [-0.25, -0.2) is 14.6 Å². The molecule has 3 unspecified atom stereocenters. The van der Waals surface area contributed by atoms with Gasteiger partial charge in [0.1, 0.15) is 38.3 Å². The second-order valence-electron chi connectivity index (χ2n) is 13.0.